The number of rotatable bonds is 3. The first-order valence-corrected chi connectivity index (χ1v) is 11.9. The van der Waals surface area contributed by atoms with Crippen molar-refractivity contribution in [2.45, 2.75) is 38.1 Å². The molecule has 160 valence electrons. The Balaban J connectivity index is 1.78. The smallest absolute Gasteiger partial charge is 0.227 e. The fraction of sp³-hybridized carbons (Fsp3) is 0.600. The Hall–Kier alpha value is -2.00. The van der Waals surface area contributed by atoms with Gasteiger partial charge >= 0.3 is 0 Å². The molecule has 1 aliphatic carbocycles. The standard InChI is InChI=1S/C20H28FN3O4S/c1-29(27,28)24-12-11-23(19(25)14-15-5-4-6-16(21)13-15)10-9-22-20(26)17-7-2-3-8-18(17)24/h4-6,13,17-18H,2-3,7-12,14H2,1H3,(H,22,26). The summed E-state index contributed by atoms with van der Waals surface area (Å²) in [4.78, 5) is 27.0. The van der Waals surface area contributed by atoms with Crippen LogP contribution in [0.2, 0.25) is 0 Å². The molecule has 1 N–H and O–H groups in total. The van der Waals surface area contributed by atoms with E-state index < -0.39 is 15.8 Å². The molecule has 0 aromatic heterocycles. The van der Waals surface area contributed by atoms with Crippen molar-refractivity contribution in [3.8, 4) is 0 Å². The average molecular weight is 426 g/mol. The van der Waals surface area contributed by atoms with Gasteiger partial charge in [-0.2, -0.15) is 4.31 Å². The zero-order valence-electron chi connectivity index (χ0n) is 16.6. The lowest BCUT2D eigenvalue weighted by Gasteiger charge is -2.39. The molecule has 1 saturated heterocycles. The first-order valence-electron chi connectivity index (χ1n) is 10.0. The van der Waals surface area contributed by atoms with Crippen LogP contribution in [0.4, 0.5) is 4.39 Å². The Morgan fingerprint density at radius 3 is 2.69 bits per heavy atom. The molecule has 1 heterocycles. The summed E-state index contributed by atoms with van der Waals surface area (Å²) in [6.07, 6.45) is 4.28. The van der Waals surface area contributed by atoms with Gasteiger partial charge in [0, 0.05) is 32.2 Å². The molecule has 1 aromatic carbocycles. The highest BCUT2D eigenvalue weighted by Crippen LogP contribution is 2.30. The van der Waals surface area contributed by atoms with Crippen molar-refractivity contribution >= 4 is 21.8 Å². The molecule has 3 rings (SSSR count). The lowest BCUT2D eigenvalue weighted by Crippen LogP contribution is -2.55. The molecular formula is C20H28FN3O4S. The minimum absolute atomic E-state index is 0.0244. The van der Waals surface area contributed by atoms with Crippen LogP contribution in [0.1, 0.15) is 31.2 Å². The fourth-order valence-electron chi connectivity index (χ4n) is 4.30. The van der Waals surface area contributed by atoms with E-state index in [0.717, 1.165) is 19.1 Å². The number of hydrogen-bond donors (Lipinski definition) is 1. The van der Waals surface area contributed by atoms with E-state index in [9.17, 15) is 22.4 Å². The van der Waals surface area contributed by atoms with Gasteiger partial charge in [-0.3, -0.25) is 9.59 Å². The zero-order chi connectivity index (χ0) is 21.0. The third-order valence-corrected chi connectivity index (χ3v) is 7.04. The predicted molar refractivity (Wildman–Crippen MR) is 107 cm³/mol. The van der Waals surface area contributed by atoms with E-state index in [1.165, 1.54) is 16.4 Å². The van der Waals surface area contributed by atoms with Gasteiger partial charge in [0.05, 0.1) is 18.6 Å². The van der Waals surface area contributed by atoms with E-state index in [0.29, 0.717) is 24.9 Å². The molecule has 2 unspecified atom stereocenters. The van der Waals surface area contributed by atoms with E-state index in [1.54, 1.807) is 17.0 Å². The third kappa shape index (κ3) is 5.54. The first-order chi connectivity index (χ1) is 13.8. The molecular weight excluding hydrogens is 397 g/mol. The lowest BCUT2D eigenvalue weighted by molar-refractivity contribution is -0.133. The molecule has 29 heavy (non-hydrogen) atoms. The molecule has 0 spiro atoms. The lowest BCUT2D eigenvalue weighted by atomic mass is 9.83. The van der Waals surface area contributed by atoms with Crippen LogP contribution in [0.3, 0.4) is 0 Å². The maximum atomic E-state index is 13.4. The second kappa shape index (κ2) is 9.21. The number of benzene rings is 1. The number of fused-ring (bicyclic) bond motifs is 1. The van der Waals surface area contributed by atoms with Crippen LogP contribution in [0.25, 0.3) is 0 Å². The number of amides is 2. The molecule has 2 fully saturated rings. The zero-order valence-corrected chi connectivity index (χ0v) is 17.5. The van der Waals surface area contributed by atoms with Crippen LogP contribution < -0.4 is 5.32 Å². The number of nitrogens with one attached hydrogen (secondary N) is 1. The van der Waals surface area contributed by atoms with Crippen molar-refractivity contribution in [1.82, 2.24) is 14.5 Å². The first kappa shape index (κ1) is 21.7. The van der Waals surface area contributed by atoms with Crippen LogP contribution in [0.5, 0.6) is 0 Å². The van der Waals surface area contributed by atoms with E-state index >= 15 is 0 Å². The molecule has 2 atom stereocenters. The predicted octanol–water partition coefficient (Wildman–Crippen LogP) is 1.15. The highest BCUT2D eigenvalue weighted by atomic mass is 32.2. The molecule has 9 heteroatoms. The summed E-state index contributed by atoms with van der Waals surface area (Å²) in [7, 11) is -3.54. The molecule has 0 radical (unpaired) electrons. The summed E-state index contributed by atoms with van der Waals surface area (Å²) >= 11 is 0. The molecule has 7 nitrogen and oxygen atoms in total. The molecule has 1 aliphatic heterocycles. The van der Waals surface area contributed by atoms with Gasteiger partial charge in [-0.25, -0.2) is 12.8 Å². The Morgan fingerprint density at radius 1 is 1.21 bits per heavy atom. The van der Waals surface area contributed by atoms with Crippen LogP contribution in [0.15, 0.2) is 24.3 Å². The van der Waals surface area contributed by atoms with Gasteiger partial charge in [-0.15, -0.1) is 0 Å². The number of carbonyl (C=O) groups is 2. The van der Waals surface area contributed by atoms with E-state index in [-0.39, 0.29) is 49.8 Å². The molecule has 2 amide bonds. The fourth-order valence-corrected chi connectivity index (χ4v) is 5.46. The van der Waals surface area contributed by atoms with Crippen LogP contribution in [-0.4, -0.2) is 67.9 Å². The van der Waals surface area contributed by atoms with Gasteiger partial charge in [0.25, 0.3) is 0 Å². The second-order valence-electron chi connectivity index (χ2n) is 7.81. The maximum absolute atomic E-state index is 13.4. The Bertz CT molecular complexity index is 861. The van der Waals surface area contributed by atoms with Crippen molar-refractivity contribution < 1.29 is 22.4 Å². The largest absolute Gasteiger partial charge is 0.354 e. The number of carbonyl (C=O) groups excluding carboxylic acids is 2. The summed E-state index contributed by atoms with van der Waals surface area (Å²) < 4.78 is 39.7. The normalized spacial score (nSPS) is 24.5. The van der Waals surface area contributed by atoms with E-state index in [4.69, 9.17) is 0 Å². The van der Waals surface area contributed by atoms with Crippen LogP contribution in [-0.2, 0) is 26.0 Å². The van der Waals surface area contributed by atoms with E-state index in [2.05, 4.69) is 5.32 Å². The molecule has 0 bridgehead atoms. The molecule has 1 saturated carbocycles. The van der Waals surface area contributed by atoms with Crippen LogP contribution in [0, 0.1) is 11.7 Å². The minimum Gasteiger partial charge on any atom is -0.354 e. The highest BCUT2D eigenvalue weighted by Gasteiger charge is 2.39. The van der Waals surface area contributed by atoms with Crippen molar-refractivity contribution in [3.05, 3.63) is 35.6 Å². The number of sulfonamides is 1. The minimum atomic E-state index is -3.54. The number of halogens is 1. The molecule has 1 aromatic rings. The van der Waals surface area contributed by atoms with Crippen molar-refractivity contribution in [3.63, 3.8) is 0 Å². The topological polar surface area (TPSA) is 86.8 Å². The van der Waals surface area contributed by atoms with Gasteiger partial charge in [-0.1, -0.05) is 25.0 Å². The van der Waals surface area contributed by atoms with Gasteiger partial charge < -0.3 is 10.2 Å². The summed E-state index contributed by atoms with van der Waals surface area (Å²) in [6.45, 7) is 0.993. The Kier molecular flexibility index (Phi) is 6.89. The monoisotopic (exact) mass is 425 g/mol. The van der Waals surface area contributed by atoms with Gasteiger partial charge in [0.1, 0.15) is 5.82 Å². The van der Waals surface area contributed by atoms with Gasteiger partial charge in [0.15, 0.2) is 0 Å². The molecule has 2 aliphatic rings. The SMILES string of the molecule is CS(=O)(=O)N1CCN(C(=O)Cc2cccc(F)c2)CCNC(=O)C2CCCCC21. The van der Waals surface area contributed by atoms with Crippen LogP contribution >= 0.6 is 0 Å². The van der Waals surface area contributed by atoms with Crippen molar-refractivity contribution in [1.29, 1.82) is 0 Å². The Labute approximate surface area is 171 Å². The summed E-state index contributed by atoms with van der Waals surface area (Å²) in [5.74, 6) is -1.13. The number of hydrogen-bond acceptors (Lipinski definition) is 4. The van der Waals surface area contributed by atoms with Crippen molar-refractivity contribution in [2.24, 2.45) is 5.92 Å². The number of nitrogens with zero attached hydrogens (tertiary/aromatic N) is 2. The second-order valence-corrected chi connectivity index (χ2v) is 9.75. The van der Waals surface area contributed by atoms with Gasteiger partial charge in [0.2, 0.25) is 21.8 Å². The summed E-state index contributed by atoms with van der Waals surface area (Å²) in [5.41, 5.74) is 0.559. The summed E-state index contributed by atoms with van der Waals surface area (Å²) in [6, 6.07) is 5.49. The quantitative estimate of drug-likeness (QED) is 0.787. The van der Waals surface area contributed by atoms with Crippen molar-refractivity contribution in [2.75, 3.05) is 32.4 Å². The Morgan fingerprint density at radius 2 is 1.97 bits per heavy atom. The third-order valence-electron chi connectivity index (χ3n) is 5.73. The highest BCUT2D eigenvalue weighted by molar-refractivity contribution is 7.88. The summed E-state index contributed by atoms with van der Waals surface area (Å²) in [5, 5.41) is 2.87. The average Bonchev–Trinajstić information content (AvgIpc) is 2.65. The maximum Gasteiger partial charge on any atom is 0.227 e. The van der Waals surface area contributed by atoms with E-state index in [1.807, 2.05) is 0 Å². The van der Waals surface area contributed by atoms with Gasteiger partial charge in [-0.05, 0) is 30.5 Å².